The molecule has 0 heterocycles. The largest absolute Gasteiger partial charge is 0.624 e. The standard InChI is InChI=1S/C9H11NO/c1-10(11)8-7-9-5-3-2-4-6-9/h2-6,8H,7H2,1H3/b10-8-. The van der Waals surface area contributed by atoms with E-state index in [4.69, 9.17) is 0 Å². The highest BCUT2D eigenvalue weighted by Crippen LogP contribution is 1.96. The van der Waals surface area contributed by atoms with Gasteiger partial charge in [-0.25, -0.2) is 4.74 Å². The Morgan fingerprint density at radius 1 is 1.36 bits per heavy atom. The number of hydroxylamine groups is 1. The molecule has 0 bridgehead atoms. The Hall–Kier alpha value is -1.31. The maximum atomic E-state index is 10.5. The fourth-order valence-corrected chi connectivity index (χ4v) is 0.848. The van der Waals surface area contributed by atoms with Crippen molar-refractivity contribution in [3.05, 3.63) is 41.1 Å². The van der Waals surface area contributed by atoms with Gasteiger partial charge in [-0.05, 0) is 5.56 Å². The van der Waals surface area contributed by atoms with Gasteiger partial charge in [0.1, 0.15) is 7.05 Å². The lowest BCUT2D eigenvalue weighted by atomic mass is 10.2. The number of hydrogen-bond acceptors (Lipinski definition) is 1. The summed E-state index contributed by atoms with van der Waals surface area (Å²) < 4.78 is 0.826. The third-order valence-electron chi connectivity index (χ3n) is 1.43. The van der Waals surface area contributed by atoms with Crippen molar-refractivity contribution >= 4 is 6.21 Å². The van der Waals surface area contributed by atoms with E-state index in [0.29, 0.717) is 6.42 Å². The summed E-state index contributed by atoms with van der Waals surface area (Å²) >= 11 is 0. The minimum Gasteiger partial charge on any atom is -0.624 e. The average Bonchev–Trinajstić information content (AvgIpc) is 2.03. The SMILES string of the molecule is C/[N+]([O-])=C/Cc1ccccc1. The molecule has 0 amide bonds. The van der Waals surface area contributed by atoms with E-state index >= 15 is 0 Å². The Bertz CT molecular complexity index is 237. The van der Waals surface area contributed by atoms with E-state index in [1.807, 2.05) is 30.3 Å². The van der Waals surface area contributed by atoms with Gasteiger partial charge < -0.3 is 5.21 Å². The number of rotatable bonds is 2. The minimum atomic E-state index is 0.709. The van der Waals surface area contributed by atoms with Crippen LogP contribution in [-0.2, 0) is 6.42 Å². The van der Waals surface area contributed by atoms with Crippen molar-refractivity contribution in [1.29, 1.82) is 0 Å². The maximum absolute atomic E-state index is 10.5. The molecule has 0 unspecified atom stereocenters. The molecule has 0 radical (unpaired) electrons. The van der Waals surface area contributed by atoms with Crippen LogP contribution in [-0.4, -0.2) is 18.0 Å². The lowest BCUT2D eigenvalue weighted by Crippen LogP contribution is -1.98. The third-order valence-corrected chi connectivity index (χ3v) is 1.43. The lowest BCUT2D eigenvalue weighted by molar-refractivity contribution is -0.418. The van der Waals surface area contributed by atoms with Crippen LogP contribution in [0.3, 0.4) is 0 Å². The fourth-order valence-electron chi connectivity index (χ4n) is 0.848. The topological polar surface area (TPSA) is 26.1 Å². The highest BCUT2D eigenvalue weighted by molar-refractivity contribution is 5.56. The van der Waals surface area contributed by atoms with Gasteiger partial charge in [-0.1, -0.05) is 30.3 Å². The molecule has 2 heteroatoms. The molecule has 0 spiro atoms. The molecular formula is C9H11NO. The van der Waals surface area contributed by atoms with Crippen molar-refractivity contribution in [2.45, 2.75) is 6.42 Å². The summed E-state index contributed by atoms with van der Waals surface area (Å²) in [4.78, 5) is 0. The van der Waals surface area contributed by atoms with Crippen LogP contribution in [0.15, 0.2) is 30.3 Å². The molecule has 0 aromatic heterocycles. The first-order valence-electron chi connectivity index (χ1n) is 3.56. The van der Waals surface area contributed by atoms with Gasteiger partial charge in [0, 0.05) is 0 Å². The summed E-state index contributed by atoms with van der Waals surface area (Å²) in [6.45, 7) is 0. The fraction of sp³-hybridized carbons (Fsp3) is 0.222. The lowest BCUT2D eigenvalue weighted by Gasteiger charge is -1.95. The summed E-state index contributed by atoms with van der Waals surface area (Å²) in [6, 6.07) is 9.90. The van der Waals surface area contributed by atoms with Gasteiger partial charge in [0.2, 0.25) is 0 Å². The van der Waals surface area contributed by atoms with Crippen LogP contribution in [0.1, 0.15) is 5.56 Å². The normalized spacial score (nSPS) is 11.5. The van der Waals surface area contributed by atoms with Crippen LogP contribution in [0.2, 0.25) is 0 Å². The molecule has 1 aromatic rings. The van der Waals surface area contributed by atoms with Gasteiger partial charge in [0.15, 0.2) is 6.21 Å². The zero-order valence-electron chi connectivity index (χ0n) is 6.53. The first-order valence-corrected chi connectivity index (χ1v) is 3.56. The summed E-state index contributed by atoms with van der Waals surface area (Å²) in [6.07, 6.45) is 2.32. The van der Waals surface area contributed by atoms with Crippen LogP contribution in [0.5, 0.6) is 0 Å². The second-order valence-corrected chi connectivity index (χ2v) is 2.42. The molecule has 0 saturated carbocycles. The highest BCUT2D eigenvalue weighted by atomic mass is 16.5. The van der Waals surface area contributed by atoms with Gasteiger partial charge in [0.05, 0.1) is 6.42 Å². The van der Waals surface area contributed by atoms with E-state index in [0.717, 1.165) is 10.3 Å². The van der Waals surface area contributed by atoms with Gasteiger partial charge in [-0.3, -0.25) is 0 Å². The molecule has 1 rings (SSSR count). The molecule has 0 saturated heterocycles. The third kappa shape index (κ3) is 2.85. The first kappa shape index (κ1) is 7.79. The molecule has 0 aliphatic rings. The summed E-state index contributed by atoms with van der Waals surface area (Å²) in [7, 11) is 1.49. The van der Waals surface area contributed by atoms with Crippen molar-refractivity contribution in [2.24, 2.45) is 0 Å². The minimum absolute atomic E-state index is 0.709. The van der Waals surface area contributed by atoms with Crippen LogP contribution >= 0.6 is 0 Å². The van der Waals surface area contributed by atoms with Crippen LogP contribution < -0.4 is 0 Å². The van der Waals surface area contributed by atoms with E-state index in [2.05, 4.69) is 0 Å². The van der Waals surface area contributed by atoms with E-state index in [1.165, 1.54) is 7.05 Å². The molecule has 0 N–H and O–H groups in total. The molecular weight excluding hydrogens is 138 g/mol. The van der Waals surface area contributed by atoms with Crippen LogP contribution in [0, 0.1) is 5.21 Å². The Balaban J connectivity index is 2.59. The molecule has 0 fully saturated rings. The van der Waals surface area contributed by atoms with Gasteiger partial charge in [0.25, 0.3) is 0 Å². The van der Waals surface area contributed by atoms with Crippen LogP contribution in [0.25, 0.3) is 0 Å². The Morgan fingerprint density at radius 3 is 2.55 bits per heavy atom. The van der Waals surface area contributed by atoms with Crippen molar-refractivity contribution < 1.29 is 4.74 Å². The highest BCUT2D eigenvalue weighted by Gasteiger charge is 1.88. The predicted octanol–water partition coefficient (Wildman–Crippen LogP) is 1.44. The van der Waals surface area contributed by atoms with Gasteiger partial charge in [-0.2, -0.15) is 0 Å². The molecule has 58 valence electrons. The second-order valence-electron chi connectivity index (χ2n) is 2.42. The van der Waals surface area contributed by atoms with Crippen molar-refractivity contribution in [2.75, 3.05) is 7.05 Å². The summed E-state index contributed by atoms with van der Waals surface area (Å²) in [5.41, 5.74) is 1.16. The Labute approximate surface area is 66.4 Å². The molecule has 1 aromatic carbocycles. The summed E-state index contributed by atoms with van der Waals surface area (Å²) in [5.74, 6) is 0. The molecule has 11 heavy (non-hydrogen) atoms. The van der Waals surface area contributed by atoms with Gasteiger partial charge >= 0.3 is 0 Å². The van der Waals surface area contributed by atoms with Crippen LogP contribution in [0.4, 0.5) is 0 Å². The number of hydrogen-bond donors (Lipinski definition) is 0. The first-order chi connectivity index (χ1) is 5.29. The van der Waals surface area contributed by atoms with Crippen molar-refractivity contribution in [3.8, 4) is 0 Å². The monoisotopic (exact) mass is 149 g/mol. The second kappa shape index (κ2) is 3.76. The van der Waals surface area contributed by atoms with Crippen molar-refractivity contribution in [3.63, 3.8) is 0 Å². The molecule has 2 nitrogen and oxygen atoms in total. The smallest absolute Gasteiger partial charge is 0.155 e. The van der Waals surface area contributed by atoms with E-state index in [1.54, 1.807) is 6.21 Å². The Kier molecular flexibility index (Phi) is 2.66. The van der Waals surface area contributed by atoms with E-state index < -0.39 is 0 Å². The predicted molar refractivity (Wildman–Crippen MR) is 45.8 cm³/mol. The van der Waals surface area contributed by atoms with Crippen molar-refractivity contribution in [1.82, 2.24) is 0 Å². The molecule has 0 atom stereocenters. The molecule has 0 aliphatic heterocycles. The maximum Gasteiger partial charge on any atom is 0.155 e. The molecule has 0 aliphatic carbocycles. The van der Waals surface area contributed by atoms with E-state index in [-0.39, 0.29) is 0 Å². The zero-order valence-corrected chi connectivity index (χ0v) is 6.53. The van der Waals surface area contributed by atoms with E-state index in [9.17, 15) is 5.21 Å². The summed E-state index contributed by atoms with van der Waals surface area (Å²) in [5, 5.41) is 10.5. The zero-order chi connectivity index (χ0) is 8.10. The number of benzene rings is 1. The quantitative estimate of drug-likeness (QED) is 0.270. The van der Waals surface area contributed by atoms with Gasteiger partial charge in [-0.15, -0.1) is 0 Å². The Morgan fingerprint density at radius 2 is 2.00 bits per heavy atom. The average molecular weight is 149 g/mol. The number of nitrogens with zero attached hydrogens (tertiary/aromatic N) is 1.